The molecule has 0 spiro atoms. The fourth-order valence-electron chi connectivity index (χ4n) is 1.37. The summed E-state index contributed by atoms with van der Waals surface area (Å²) in [6.07, 6.45) is 0.690. The van der Waals surface area contributed by atoms with Gasteiger partial charge in [0, 0.05) is 36.7 Å². The number of carbonyl (C=O) groups excluding carboxylic acids is 1. The molecule has 6 nitrogen and oxygen atoms in total. The first-order valence-electron chi connectivity index (χ1n) is 5.81. The quantitative estimate of drug-likeness (QED) is 0.343. The number of hydrogen-bond donors (Lipinski definition) is 1. The van der Waals surface area contributed by atoms with Gasteiger partial charge in [0.2, 0.25) is 0 Å². The van der Waals surface area contributed by atoms with Gasteiger partial charge in [-0.15, -0.1) is 11.6 Å². The van der Waals surface area contributed by atoms with Gasteiger partial charge in [-0.2, -0.15) is 0 Å². The molecule has 104 valence electrons. The van der Waals surface area contributed by atoms with Crippen molar-refractivity contribution in [3.63, 3.8) is 0 Å². The molecule has 0 heterocycles. The fraction of sp³-hybridized carbons (Fsp3) is 0.417. The average molecular weight is 287 g/mol. The van der Waals surface area contributed by atoms with Crippen molar-refractivity contribution >= 4 is 23.2 Å². The number of ether oxygens (including phenoxy) is 1. The number of amides is 1. The van der Waals surface area contributed by atoms with Crippen LogP contribution in [0.2, 0.25) is 0 Å². The molecule has 0 aliphatic rings. The predicted molar refractivity (Wildman–Crippen MR) is 71.6 cm³/mol. The van der Waals surface area contributed by atoms with Crippen molar-refractivity contribution in [3.05, 3.63) is 39.9 Å². The number of benzene rings is 1. The van der Waals surface area contributed by atoms with E-state index >= 15 is 0 Å². The third-order valence-corrected chi connectivity index (χ3v) is 2.47. The largest absolute Gasteiger partial charge is 0.380 e. The van der Waals surface area contributed by atoms with Gasteiger partial charge in [-0.3, -0.25) is 14.9 Å². The number of hydrogen-bond acceptors (Lipinski definition) is 4. The number of non-ortho nitro benzene ring substituents is 1. The molecular weight excluding hydrogens is 272 g/mol. The van der Waals surface area contributed by atoms with E-state index in [9.17, 15) is 14.9 Å². The van der Waals surface area contributed by atoms with Crippen LogP contribution in [0.5, 0.6) is 0 Å². The Labute approximate surface area is 115 Å². The van der Waals surface area contributed by atoms with Crippen LogP contribution in [0.25, 0.3) is 0 Å². The summed E-state index contributed by atoms with van der Waals surface area (Å²) < 4.78 is 5.15. The maximum absolute atomic E-state index is 11.7. The van der Waals surface area contributed by atoms with E-state index in [1.807, 2.05) is 0 Å². The summed E-state index contributed by atoms with van der Waals surface area (Å²) in [5.41, 5.74) is 0.360. The molecule has 0 atom stereocenters. The standard InChI is InChI=1S/C12H15ClN2O4/c13-6-9-19-8-1-7-14-12(16)10-2-4-11(5-3-10)15(17)18/h2-5H,1,6-9H2,(H,14,16). The maximum Gasteiger partial charge on any atom is 0.269 e. The van der Waals surface area contributed by atoms with Gasteiger partial charge in [-0.05, 0) is 18.6 Å². The van der Waals surface area contributed by atoms with E-state index in [2.05, 4.69) is 5.32 Å². The SMILES string of the molecule is O=C(NCCCOCCCl)c1ccc([N+](=O)[O-])cc1. The first-order valence-corrected chi connectivity index (χ1v) is 6.35. The lowest BCUT2D eigenvalue weighted by atomic mass is 10.2. The highest BCUT2D eigenvalue weighted by Gasteiger charge is 2.08. The van der Waals surface area contributed by atoms with Crippen LogP contribution in [0.3, 0.4) is 0 Å². The van der Waals surface area contributed by atoms with Crippen molar-refractivity contribution in [2.45, 2.75) is 6.42 Å². The van der Waals surface area contributed by atoms with Crippen molar-refractivity contribution in [1.29, 1.82) is 0 Å². The minimum Gasteiger partial charge on any atom is -0.380 e. The molecule has 0 aliphatic carbocycles. The Morgan fingerprint density at radius 1 is 1.32 bits per heavy atom. The Balaban J connectivity index is 2.31. The van der Waals surface area contributed by atoms with E-state index in [0.717, 1.165) is 0 Å². The molecule has 1 N–H and O–H groups in total. The van der Waals surface area contributed by atoms with Crippen molar-refractivity contribution < 1.29 is 14.5 Å². The summed E-state index contributed by atoms with van der Waals surface area (Å²) in [7, 11) is 0. The summed E-state index contributed by atoms with van der Waals surface area (Å²) in [6, 6.07) is 5.46. The number of halogens is 1. The van der Waals surface area contributed by atoms with Gasteiger partial charge in [0.15, 0.2) is 0 Å². The zero-order chi connectivity index (χ0) is 14.1. The van der Waals surface area contributed by atoms with Gasteiger partial charge in [0.1, 0.15) is 0 Å². The number of nitrogens with zero attached hydrogens (tertiary/aromatic N) is 1. The Morgan fingerprint density at radius 3 is 2.58 bits per heavy atom. The molecule has 0 aromatic heterocycles. The summed E-state index contributed by atoms with van der Waals surface area (Å²) >= 11 is 5.44. The van der Waals surface area contributed by atoms with E-state index < -0.39 is 4.92 Å². The average Bonchev–Trinajstić information content (AvgIpc) is 2.42. The van der Waals surface area contributed by atoms with E-state index in [4.69, 9.17) is 16.3 Å². The summed E-state index contributed by atoms with van der Waals surface area (Å²) in [5.74, 6) is 0.196. The first kappa shape index (κ1) is 15.4. The number of carbonyl (C=O) groups is 1. The lowest BCUT2D eigenvalue weighted by Gasteiger charge is -2.05. The highest BCUT2D eigenvalue weighted by Crippen LogP contribution is 2.11. The van der Waals surface area contributed by atoms with Gasteiger partial charge in [0.05, 0.1) is 11.5 Å². The molecule has 7 heteroatoms. The minimum atomic E-state index is -0.504. The highest BCUT2D eigenvalue weighted by atomic mass is 35.5. The second-order valence-corrected chi connectivity index (χ2v) is 4.09. The second-order valence-electron chi connectivity index (χ2n) is 3.71. The van der Waals surface area contributed by atoms with Crippen LogP contribution < -0.4 is 5.32 Å². The molecule has 1 aromatic carbocycles. The van der Waals surface area contributed by atoms with E-state index in [1.165, 1.54) is 24.3 Å². The molecule has 0 aliphatic heterocycles. The van der Waals surface area contributed by atoms with Gasteiger partial charge in [-0.25, -0.2) is 0 Å². The summed E-state index contributed by atoms with van der Waals surface area (Å²) in [4.78, 5) is 21.6. The minimum absolute atomic E-state index is 0.0361. The van der Waals surface area contributed by atoms with Crippen LogP contribution in [-0.2, 0) is 4.74 Å². The van der Waals surface area contributed by atoms with Gasteiger partial charge in [0.25, 0.3) is 11.6 Å². The molecule has 1 aromatic rings. The van der Waals surface area contributed by atoms with Crippen molar-refractivity contribution in [2.24, 2.45) is 0 Å². The van der Waals surface area contributed by atoms with Crippen LogP contribution in [0.15, 0.2) is 24.3 Å². The number of rotatable bonds is 8. The number of alkyl halides is 1. The van der Waals surface area contributed by atoms with Crippen molar-refractivity contribution in [2.75, 3.05) is 25.6 Å². The van der Waals surface area contributed by atoms with E-state index in [1.54, 1.807) is 0 Å². The maximum atomic E-state index is 11.7. The van der Waals surface area contributed by atoms with Gasteiger partial charge in [-0.1, -0.05) is 0 Å². The Hall–Kier alpha value is -1.66. The molecule has 19 heavy (non-hydrogen) atoms. The fourth-order valence-corrected chi connectivity index (χ4v) is 1.48. The van der Waals surface area contributed by atoms with Crippen LogP contribution in [0, 0.1) is 10.1 Å². The predicted octanol–water partition coefficient (Wildman–Crippen LogP) is 1.97. The normalized spacial score (nSPS) is 10.2. The molecular formula is C12H15ClN2O4. The number of nitro groups is 1. The Morgan fingerprint density at radius 2 is 2.00 bits per heavy atom. The lowest BCUT2D eigenvalue weighted by molar-refractivity contribution is -0.384. The smallest absolute Gasteiger partial charge is 0.269 e. The first-order chi connectivity index (χ1) is 9.15. The van der Waals surface area contributed by atoms with Crippen molar-refractivity contribution in [1.82, 2.24) is 5.32 Å². The molecule has 0 saturated heterocycles. The third-order valence-electron chi connectivity index (χ3n) is 2.31. The zero-order valence-electron chi connectivity index (χ0n) is 10.3. The molecule has 0 radical (unpaired) electrons. The van der Waals surface area contributed by atoms with E-state index in [-0.39, 0.29) is 11.6 Å². The number of nitrogens with one attached hydrogen (secondary N) is 1. The Bertz CT molecular complexity index is 422. The third kappa shape index (κ3) is 5.67. The van der Waals surface area contributed by atoms with Crippen LogP contribution >= 0.6 is 11.6 Å². The molecule has 1 rings (SSSR count). The van der Waals surface area contributed by atoms with Crippen LogP contribution in [-0.4, -0.2) is 36.5 Å². The molecule has 0 saturated carbocycles. The van der Waals surface area contributed by atoms with Crippen molar-refractivity contribution in [3.8, 4) is 0 Å². The second kappa shape index (κ2) is 8.44. The van der Waals surface area contributed by atoms with Crippen LogP contribution in [0.4, 0.5) is 5.69 Å². The molecule has 0 unspecified atom stereocenters. The van der Waals surface area contributed by atoms with E-state index in [0.29, 0.717) is 37.6 Å². The summed E-state index contributed by atoms with van der Waals surface area (Å²) in [5, 5.41) is 13.2. The molecule has 0 bridgehead atoms. The highest BCUT2D eigenvalue weighted by molar-refractivity contribution is 6.17. The Kier molecular flexibility index (Phi) is 6.84. The number of nitro benzene ring substituents is 1. The summed E-state index contributed by atoms with van der Waals surface area (Å²) in [6.45, 7) is 1.52. The monoisotopic (exact) mass is 286 g/mol. The molecule has 1 amide bonds. The van der Waals surface area contributed by atoms with Crippen LogP contribution in [0.1, 0.15) is 16.8 Å². The lowest BCUT2D eigenvalue weighted by Crippen LogP contribution is -2.25. The topological polar surface area (TPSA) is 81.5 Å². The van der Waals surface area contributed by atoms with Gasteiger partial charge < -0.3 is 10.1 Å². The van der Waals surface area contributed by atoms with Gasteiger partial charge >= 0.3 is 0 Å². The zero-order valence-corrected chi connectivity index (χ0v) is 11.1. The molecule has 0 fully saturated rings.